The van der Waals surface area contributed by atoms with Crippen LogP contribution in [-0.4, -0.2) is 48.9 Å². The summed E-state index contributed by atoms with van der Waals surface area (Å²) in [4.78, 5) is 35.1. The Hall–Kier alpha value is -2.61. The van der Waals surface area contributed by atoms with E-state index in [-0.39, 0.29) is 11.9 Å². The molecule has 0 aliphatic carbocycles. The molecule has 2 atom stereocenters. The minimum Gasteiger partial charge on any atom is -0.467 e. The summed E-state index contributed by atoms with van der Waals surface area (Å²) < 4.78 is 17.0. The lowest BCUT2D eigenvalue weighted by molar-refractivity contribution is -0.144. The molecule has 126 valence electrons. The van der Waals surface area contributed by atoms with Crippen LogP contribution >= 0.6 is 0 Å². The van der Waals surface area contributed by atoms with E-state index in [2.05, 4.69) is 10.1 Å². The summed E-state index contributed by atoms with van der Waals surface area (Å²) in [6.45, 7) is 0.497. The van der Waals surface area contributed by atoms with E-state index in [1.807, 2.05) is 0 Å². The number of aliphatic hydroxyl groups is 1. The van der Waals surface area contributed by atoms with Gasteiger partial charge in [-0.1, -0.05) is 30.3 Å². The van der Waals surface area contributed by atoms with Gasteiger partial charge in [0.25, 0.3) is 0 Å². The molecule has 8 heteroatoms. The van der Waals surface area contributed by atoms with Gasteiger partial charge in [0.15, 0.2) is 1.41 Å². The van der Waals surface area contributed by atoms with Gasteiger partial charge in [-0.25, -0.2) is 9.59 Å². The third-order valence-electron chi connectivity index (χ3n) is 2.86. The smallest absolute Gasteiger partial charge is 0.408 e. The van der Waals surface area contributed by atoms with E-state index in [0.29, 0.717) is 5.56 Å². The normalized spacial score (nSPS) is 13.3. The molecule has 0 heterocycles. The molecule has 0 unspecified atom stereocenters. The van der Waals surface area contributed by atoms with Crippen molar-refractivity contribution in [3.63, 3.8) is 0 Å². The Morgan fingerprint density at radius 3 is 2.52 bits per heavy atom. The second-order valence-electron chi connectivity index (χ2n) is 4.62. The number of esters is 1. The highest BCUT2D eigenvalue weighted by Gasteiger charge is 2.24. The van der Waals surface area contributed by atoms with Crippen LogP contribution in [0.5, 0.6) is 0 Å². The van der Waals surface area contributed by atoms with E-state index in [4.69, 9.17) is 6.15 Å². The molecule has 8 nitrogen and oxygen atoms in total. The summed E-state index contributed by atoms with van der Waals surface area (Å²) in [5, 5.41) is 11.7. The van der Waals surface area contributed by atoms with Crippen molar-refractivity contribution < 1.29 is 30.4 Å². The highest BCUT2D eigenvalue weighted by atomic mass is 16.5. The third-order valence-corrected chi connectivity index (χ3v) is 2.86. The van der Waals surface area contributed by atoms with Crippen molar-refractivity contribution >= 4 is 18.0 Å². The number of carbonyl (C=O) groups excluding carboxylic acids is 3. The van der Waals surface area contributed by atoms with Crippen molar-refractivity contribution in [2.45, 2.75) is 25.6 Å². The standard InChI is InChI=1S/C15H20N2O6/c1-10(14(20)22-2)16-13(19)12(8-18)17-15(21)23-9-11-6-4-3-5-7-11/h3-7,10,12,18H,8-9H2,1-2H3,(H,16,19)(H,17,21)/t10-,12-/m0/s1/i/hD. The van der Waals surface area contributed by atoms with Crippen LogP contribution in [0.25, 0.3) is 0 Å². The monoisotopic (exact) mass is 325 g/mol. The molecule has 0 fully saturated rings. The van der Waals surface area contributed by atoms with Gasteiger partial charge in [0.1, 0.15) is 18.7 Å². The zero-order chi connectivity index (χ0) is 18.1. The maximum absolute atomic E-state index is 12.0. The molecule has 0 saturated carbocycles. The van der Waals surface area contributed by atoms with Gasteiger partial charge in [-0.3, -0.25) is 4.79 Å². The molecule has 1 rings (SSSR count). The summed E-state index contributed by atoms with van der Waals surface area (Å²) in [6, 6.07) is 6.30. The Labute approximate surface area is 135 Å². The first-order chi connectivity index (χ1) is 11.4. The largest absolute Gasteiger partial charge is 0.467 e. The summed E-state index contributed by atoms with van der Waals surface area (Å²) in [5.41, 5.74) is 0.712. The number of hydrogen-bond acceptors (Lipinski definition) is 6. The number of ether oxygens (including phenoxy) is 2. The predicted molar refractivity (Wildman–Crippen MR) is 80.3 cm³/mol. The van der Waals surface area contributed by atoms with E-state index in [9.17, 15) is 19.5 Å². The van der Waals surface area contributed by atoms with Gasteiger partial charge in [-0.15, -0.1) is 0 Å². The quantitative estimate of drug-likeness (QED) is 0.606. The van der Waals surface area contributed by atoms with Gasteiger partial charge in [0.05, 0.1) is 13.7 Å². The highest BCUT2D eigenvalue weighted by Crippen LogP contribution is 2.01. The zero-order valence-electron chi connectivity index (χ0n) is 13.9. The first-order valence-corrected chi connectivity index (χ1v) is 6.88. The molecule has 0 aliphatic heterocycles. The van der Waals surface area contributed by atoms with Crippen LogP contribution in [0, 0.1) is 0 Å². The number of methoxy groups -OCH3 is 1. The third kappa shape index (κ3) is 6.35. The Morgan fingerprint density at radius 2 is 1.96 bits per heavy atom. The molecule has 0 saturated heterocycles. The Kier molecular flexibility index (Phi) is 6.86. The molecule has 3 N–H and O–H groups in total. The number of aliphatic hydroxyl groups excluding tert-OH is 1. The molecular formula is C15H20N2O6. The molecule has 1 aromatic carbocycles. The second-order valence-corrected chi connectivity index (χ2v) is 4.62. The van der Waals surface area contributed by atoms with E-state index in [1.165, 1.54) is 6.92 Å². The van der Waals surface area contributed by atoms with E-state index >= 15 is 0 Å². The van der Waals surface area contributed by atoms with E-state index in [0.717, 1.165) is 7.11 Å². The van der Waals surface area contributed by atoms with Crippen molar-refractivity contribution in [2.75, 3.05) is 13.7 Å². The summed E-state index contributed by atoms with van der Waals surface area (Å²) in [7, 11) is 1.16. The fourth-order valence-corrected chi connectivity index (χ4v) is 1.61. The average molecular weight is 325 g/mol. The lowest BCUT2D eigenvalue weighted by Gasteiger charge is -2.18. The van der Waals surface area contributed by atoms with Crippen LogP contribution in [0.3, 0.4) is 0 Å². The minimum absolute atomic E-state index is 0.0760. The van der Waals surface area contributed by atoms with Crippen molar-refractivity contribution in [2.24, 2.45) is 0 Å². The van der Waals surface area contributed by atoms with Gasteiger partial charge < -0.3 is 25.2 Å². The van der Waals surface area contributed by atoms with E-state index in [1.54, 1.807) is 30.3 Å². The lowest BCUT2D eigenvalue weighted by atomic mass is 10.2. The first-order valence-electron chi connectivity index (χ1n) is 7.33. The predicted octanol–water partition coefficient (Wildman–Crippen LogP) is -0.0486. The minimum atomic E-state index is -1.51. The number of carbonyl (C=O) groups is 3. The van der Waals surface area contributed by atoms with E-state index < -0.39 is 36.7 Å². The SMILES string of the molecule is [2H]N(C(=O)OCc1ccccc1)[C@@H](CO)C(=O)N[C@@H](C)C(=O)OC. The molecule has 0 aromatic heterocycles. The molecule has 2 amide bonds. The summed E-state index contributed by atoms with van der Waals surface area (Å²) in [5.74, 6) is -1.56. The van der Waals surface area contributed by atoms with Gasteiger partial charge in [0, 0.05) is 0 Å². The number of amides is 2. The molecule has 23 heavy (non-hydrogen) atoms. The molecule has 0 radical (unpaired) electrons. The number of nitrogens with one attached hydrogen (secondary N) is 2. The molecule has 0 aliphatic rings. The fraction of sp³-hybridized carbons (Fsp3) is 0.400. The second kappa shape index (κ2) is 9.42. The topological polar surface area (TPSA) is 114 Å². The number of alkyl carbamates (subject to hydrolysis) is 1. The van der Waals surface area contributed by atoms with Crippen molar-refractivity contribution in [3.8, 4) is 0 Å². The molecule has 0 spiro atoms. The van der Waals surface area contributed by atoms with Crippen LogP contribution < -0.4 is 10.6 Å². The van der Waals surface area contributed by atoms with Crippen LogP contribution in [0.2, 0.25) is 1.41 Å². The van der Waals surface area contributed by atoms with Gasteiger partial charge in [-0.2, -0.15) is 0 Å². The Bertz CT molecular complexity index is 568. The van der Waals surface area contributed by atoms with Crippen LogP contribution in [0.4, 0.5) is 4.79 Å². The first kappa shape index (κ1) is 16.8. The maximum Gasteiger partial charge on any atom is 0.408 e. The zero-order valence-corrected chi connectivity index (χ0v) is 12.9. The Morgan fingerprint density at radius 1 is 1.30 bits per heavy atom. The average Bonchev–Trinajstić information content (AvgIpc) is 2.60. The van der Waals surface area contributed by atoms with Crippen LogP contribution in [-0.2, 0) is 25.7 Å². The molecule has 1 aromatic rings. The fourth-order valence-electron chi connectivity index (χ4n) is 1.61. The number of hydrogen-bond donors (Lipinski definition) is 3. The van der Waals surface area contributed by atoms with Crippen molar-refractivity contribution in [1.29, 1.82) is 0 Å². The molecule has 0 bridgehead atoms. The van der Waals surface area contributed by atoms with Crippen LogP contribution in [0.1, 0.15) is 12.5 Å². The van der Waals surface area contributed by atoms with Crippen molar-refractivity contribution in [1.82, 2.24) is 10.6 Å². The summed E-state index contributed by atoms with van der Waals surface area (Å²) >= 11 is 0. The number of rotatable bonds is 7. The maximum atomic E-state index is 12.0. The number of benzene rings is 1. The lowest BCUT2D eigenvalue weighted by Crippen LogP contribution is -2.52. The Balaban J connectivity index is 2.60. The van der Waals surface area contributed by atoms with Gasteiger partial charge in [0.2, 0.25) is 5.91 Å². The van der Waals surface area contributed by atoms with Gasteiger partial charge >= 0.3 is 12.1 Å². The van der Waals surface area contributed by atoms with Crippen LogP contribution in [0.15, 0.2) is 30.3 Å². The summed E-state index contributed by atoms with van der Waals surface area (Å²) in [6.07, 6.45) is -1.10. The highest BCUT2D eigenvalue weighted by molar-refractivity contribution is 5.89. The van der Waals surface area contributed by atoms with Crippen molar-refractivity contribution in [3.05, 3.63) is 35.9 Å². The molecular weight excluding hydrogens is 304 g/mol. The van der Waals surface area contributed by atoms with Gasteiger partial charge in [-0.05, 0) is 12.5 Å².